The predicted molar refractivity (Wildman–Crippen MR) is 104 cm³/mol. The van der Waals surface area contributed by atoms with Crippen molar-refractivity contribution in [2.45, 2.75) is 5.37 Å². The number of amides is 1. The van der Waals surface area contributed by atoms with Crippen molar-refractivity contribution >= 4 is 57.2 Å². The number of thiocarbonyl (C=S) groups is 1. The standard InChI is InChI=1S/C18H13ClN2OS2/c19-12-6-8-13(9-7-12)21-17(22)14-10-15(11-4-2-1-3-5-11)24-16(14)20-18(21)23/h1-10,14,16H,(H,20,23). The van der Waals surface area contributed by atoms with Gasteiger partial charge >= 0.3 is 0 Å². The van der Waals surface area contributed by atoms with Crippen LogP contribution in [0.2, 0.25) is 5.02 Å². The van der Waals surface area contributed by atoms with E-state index in [4.69, 9.17) is 23.8 Å². The topological polar surface area (TPSA) is 32.3 Å². The van der Waals surface area contributed by atoms with E-state index in [9.17, 15) is 4.79 Å². The van der Waals surface area contributed by atoms with Gasteiger partial charge < -0.3 is 5.32 Å². The first kappa shape index (κ1) is 15.7. The number of rotatable bonds is 2. The van der Waals surface area contributed by atoms with Gasteiger partial charge in [-0.1, -0.05) is 59.8 Å². The van der Waals surface area contributed by atoms with Gasteiger partial charge in [-0.2, -0.15) is 0 Å². The van der Waals surface area contributed by atoms with Crippen molar-refractivity contribution in [1.29, 1.82) is 0 Å². The summed E-state index contributed by atoms with van der Waals surface area (Å²) in [6, 6.07) is 17.2. The van der Waals surface area contributed by atoms with E-state index in [0.717, 1.165) is 16.2 Å². The highest BCUT2D eigenvalue weighted by atomic mass is 35.5. The third-order valence-electron chi connectivity index (χ3n) is 4.03. The summed E-state index contributed by atoms with van der Waals surface area (Å²) < 4.78 is 0. The van der Waals surface area contributed by atoms with E-state index in [0.29, 0.717) is 10.1 Å². The summed E-state index contributed by atoms with van der Waals surface area (Å²) in [6.45, 7) is 0. The molecule has 2 aliphatic rings. The molecule has 4 rings (SSSR count). The fourth-order valence-electron chi connectivity index (χ4n) is 2.86. The van der Waals surface area contributed by atoms with E-state index in [1.165, 1.54) is 0 Å². The molecular formula is C18H13ClN2OS2. The van der Waals surface area contributed by atoms with Crippen LogP contribution in [0.4, 0.5) is 5.69 Å². The highest BCUT2D eigenvalue weighted by Crippen LogP contribution is 2.44. The zero-order valence-corrected chi connectivity index (χ0v) is 14.9. The first-order valence-electron chi connectivity index (χ1n) is 7.47. The van der Waals surface area contributed by atoms with Crippen LogP contribution in [-0.4, -0.2) is 16.4 Å². The maximum absolute atomic E-state index is 13.0. The van der Waals surface area contributed by atoms with Crippen LogP contribution in [-0.2, 0) is 4.79 Å². The molecule has 0 radical (unpaired) electrons. The summed E-state index contributed by atoms with van der Waals surface area (Å²) in [5.74, 6) is -0.253. The summed E-state index contributed by atoms with van der Waals surface area (Å²) in [4.78, 5) is 15.6. The molecule has 0 aromatic heterocycles. The lowest BCUT2D eigenvalue weighted by Crippen LogP contribution is -2.57. The van der Waals surface area contributed by atoms with Crippen molar-refractivity contribution in [3.8, 4) is 0 Å². The van der Waals surface area contributed by atoms with Gasteiger partial charge in [0, 0.05) is 9.93 Å². The number of carbonyl (C=O) groups excluding carboxylic acids is 1. The molecule has 0 bridgehead atoms. The molecule has 2 atom stereocenters. The van der Waals surface area contributed by atoms with E-state index in [1.54, 1.807) is 40.9 Å². The summed E-state index contributed by atoms with van der Waals surface area (Å²) in [7, 11) is 0. The Balaban J connectivity index is 1.66. The van der Waals surface area contributed by atoms with Crippen LogP contribution >= 0.6 is 35.6 Å². The third kappa shape index (κ3) is 2.73. The summed E-state index contributed by atoms with van der Waals surface area (Å²) in [6.07, 6.45) is 2.03. The maximum Gasteiger partial charge on any atom is 0.243 e. The Morgan fingerprint density at radius 1 is 1.08 bits per heavy atom. The monoisotopic (exact) mass is 372 g/mol. The Labute approximate surface area is 154 Å². The van der Waals surface area contributed by atoms with Crippen LogP contribution in [0.5, 0.6) is 0 Å². The van der Waals surface area contributed by atoms with Crippen LogP contribution in [0.3, 0.4) is 0 Å². The zero-order chi connectivity index (χ0) is 16.7. The third-order valence-corrected chi connectivity index (χ3v) is 5.87. The molecule has 2 aromatic carbocycles. The molecule has 2 aliphatic heterocycles. The van der Waals surface area contributed by atoms with Crippen molar-refractivity contribution in [1.82, 2.24) is 5.32 Å². The molecule has 1 saturated heterocycles. The van der Waals surface area contributed by atoms with E-state index in [2.05, 4.69) is 17.4 Å². The second-order valence-electron chi connectivity index (χ2n) is 5.56. The number of benzene rings is 2. The lowest BCUT2D eigenvalue weighted by atomic mass is 10.0. The lowest BCUT2D eigenvalue weighted by Gasteiger charge is -2.35. The zero-order valence-electron chi connectivity index (χ0n) is 12.5. The average molecular weight is 373 g/mol. The largest absolute Gasteiger partial charge is 0.349 e. The normalized spacial score (nSPS) is 22.9. The second kappa shape index (κ2) is 6.24. The van der Waals surface area contributed by atoms with E-state index >= 15 is 0 Å². The predicted octanol–water partition coefficient (Wildman–Crippen LogP) is 4.29. The van der Waals surface area contributed by atoms with Gasteiger partial charge in [-0.05, 0) is 42.0 Å². The smallest absolute Gasteiger partial charge is 0.243 e. The van der Waals surface area contributed by atoms with Gasteiger partial charge in [0.1, 0.15) is 0 Å². The van der Waals surface area contributed by atoms with E-state index in [1.807, 2.05) is 24.3 Å². The number of nitrogens with one attached hydrogen (secondary N) is 1. The van der Waals surface area contributed by atoms with Crippen LogP contribution in [0.25, 0.3) is 4.91 Å². The van der Waals surface area contributed by atoms with Crippen LogP contribution in [0.1, 0.15) is 5.56 Å². The molecule has 120 valence electrons. The van der Waals surface area contributed by atoms with Gasteiger partial charge in [-0.15, -0.1) is 0 Å². The number of hydrogen-bond acceptors (Lipinski definition) is 3. The average Bonchev–Trinajstić information content (AvgIpc) is 3.02. The van der Waals surface area contributed by atoms with Crippen LogP contribution in [0.15, 0.2) is 60.7 Å². The minimum atomic E-state index is -0.243. The molecule has 1 fully saturated rings. The molecule has 2 unspecified atom stereocenters. The minimum Gasteiger partial charge on any atom is -0.349 e. The Hall–Kier alpha value is -1.82. The van der Waals surface area contributed by atoms with Gasteiger partial charge in [0.05, 0.1) is 17.0 Å². The summed E-state index contributed by atoms with van der Waals surface area (Å²) in [5.41, 5.74) is 1.85. The Bertz CT molecular complexity index is 836. The lowest BCUT2D eigenvalue weighted by molar-refractivity contribution is -0.120. The molecule has 2 heterocycles. The van der Waals surface area contributed by atoms with Crippen molar-refractivity contribution in [2.75, 3.05) is 4.90 Å². The Morgan fingerprint density at radius 2 is 1.79 bits per heavy atom. The summed E-state index contributed by atoms with van der Waals surface area (Å²) in [5, 5.41) is 4.29. The molecule has 1 amide bonds. The molecule has 0 saturated carbocycles. The molecule has 3 nitrogen and oxygen atoms in total. The number of hydrogen-bond donors (Lipinski definition) is 1. The highest BCUT2D eigenvalue weighted by molar-refractivity contribution is 8.09. The number of fused-ring (bicyclic) bond motifs is 1. The van der Waals surface area contributed by atoms with Gasteiger partial charge in [0.15, 0.2) is 5.11 Å². The van der Waals surface area contributed by atoms with Crippen molar-refractivity contribution in [3.05, 3.63) is 71.3 Å². The SMILES string of the molecule is O=C1C2C=C(c3ccccc3)SC2NC(=S)N1c1ccc(Cl)cc1. The molecule has 1 N–H and O–H groups in total. The van der Waals surface area contributed by atoms with Crippen molar-refractivity contribution < 1.29 is 4.79 Å². The molecule has 0 spiro atoms. The number of halogens is 1. The van der Waals surface area contributed by atoms with Gasteiger partial charge in [-0.25, -0.2) is 0 Å². The second-order valence-corrected chi connectivity index (χ2v) is 7.57. The number of nitrogens with zero attached hydrogens (tertiary/aromatic N) is 1. The first-order chi connectivity index (χ1) is 11.6. The molecular weight excluding hydrogens is 360 g/mol. The van der Waals surface area contributed by atoms with Crippen LogP contribution in [0, 0.1) is 5.92 Å². The van der Waals surface area contributed by atoms with Gasteiger partial charge in [0.2, 0.25) is 5.91 Å². The molecule has 0 aliphatic carbocycles. The van der Waals surface area contributed by atoms with E-state index < -0.39 is 0 Å². The molecule has 6 heteroatoms. The van der Waals surface area contributed by atoms with Crippen molar-refractivity contribution in [3.63, 3.8) is 0 Å². The number of carbonyl (C=O) groups is 1. The van der Waals surface area contributed by atoms with Crippen molar-refractivity contribution in [2.24, 2.45) is 5.92 Å². The van der Waals surface area contributed by atoms with Gasteiger partial charge in [0.25, 0.3) is 0 Å². The number of anilines is 1. The van der Waals surface area contributed by atoms with Gasteiger partial charge in [-0.3, -0.25) is 9.69 Å². The Morgan fingerprint density at radius 3 is 2.50 bits per heavy atom. The fraction of sp³-hybridized carbons (Fsp3) is 0.111. The first-order valence-corrected chi connectivity index (χ1v) is 9.14. The summed E-state index contributed by atoms with van der Waals surface area (Å²) >= 11 is 13.0. The minimum absolute atomic E-state index is 0.00972. The quantitative estimate of drug-likeness (QED) is 0.797. The highest BCUT2D eigenvalue weighted by Gasteiger charge is 2.43. The molecule has 24 heavy (non-hydrogen) atoms. The molecule has 2 aromatic rings. The van der Waals surface area contributed by atoms with E-state index in [-0.39, 0.29) is 17.2 Å². The maximum atomic E-state index is 13.0. The number of thioether (sulfide) groups is 1. The Kier molecular flexibility index (Phi) is 4.08. The fourth-order valence-corrected chi connectivity index (χ4v) is 4.66. The van der Waals surface area contributed by atoms with Crippen LogP contribution < -0.4 is 10.2 Å².